The Bertz CT molecular complexity index is 1140. The molecule has 29 heavy (non-hydrogen) atoms. The second-order valence-corrected chi connectivity index (χ2v) is 7.79. The van der Waals surface area contributed by atoms with E-state index in [-0.39, 0.29) is 22.9 Å². The van der Waals surface area contributed by atoms with Gasteiger partial charge in [0, 0.05) is 12.6 Å². The molecule has 3 rings (SSSR count). The van der Waals surface area contributed by atoms with Crippen molar-refractivity contribution in [2.75, 3.05) is 10.8 Å². The van der Waals surface area contributed by atoms with Crippen molar-refractivity contribution in [3.05, 3.63) is 88.7 Å². The molecule has 0 unspecified atom stereocenters. The molecule has 0 amide bonds. The third-order valence-electron chi connectivity index (χ3n) is 4.10. The summed E-state index contributed by atoms with van der Waals surface area (Å²) in [6.45, 7) is 1.79. The Morgan fingerprint density at radius 2 is 1.66 bits per heavy atom. The molecule has 0 saturated carbocycles. The van der Waals surface area contributed by atoms with Gasteiger partial charge in [-0.2, -0.15) is 0 Å². The minimum atomic E-state index is -4.06. The predicted octanol–water partition coefficient (Wildman–Crippen LogP) is 4.74. The van der Waals surface area contributed by atoms with Crippen LogP contribution in [0.3, 0.4) is 0 Å². The lowest BCUT2D eigenvalue weighted by Gasteiger charge is -2.23. The van der Waals surface area contributed by atoms with E-state index in [1.807, 2.05) is 0 Å². The summed E-state index contributed by atoms with van der Waals surface area (Å²) in [7, 11) is -4.06. The average Bonchev–Trinajstić information content (AvgIpc) is 2.71. The summed E-state index contributed by atoms with van der Waals surface area (Å²) in [5.74, 6) is -1.16. The van der Waals surface area contributed by atoms with Crippen molar-refractivity contribution < 1.29 is 22.5 Å². The van der Waals surface area contributed by atoms with Crippen LogP contribution in [0, 0.1) is 15.9 Å². The quantitative estimate of drug-likeness (QED) is 0.410. The zero-order valence-electron chi connectivity index (χ0n) is 15.4. The standard InChI is InChI=1S/C20H17FN2O5S/c1-2-22(15-8-4-3-5-9-15)29(26,27)16-12-13-20(18(14-16)23(24)25)28-19-11-7-6-10-17(19)21/h3-14H,2H2,1H3. The summed E-state index contributed by atoms with van der Waals surface area (Å²) >= 11 is 0. The third kappa shape index (κ3) is 4.19. The van der Waals surface area contributed by atoms with E-state index in [4.69, 9.17) is 4.74 Å². The van der Waals surface area contributed by atoms with Crippen molar-refractivity contribution in [1.29, 1.82) is 0 Å². The number of benzene rings is 3. The highest BCUT2D eigenvalue weighted by Crippen LogP contribution is 2.35. The minimum Gasteiger partial charge on any atom is -0.447 e. The summed E-state index contributed by atoms with van der Waals surface area (Å²) in [6.07, 6.45) is 0. The van der Waals surface area contributed by atoms with E-state index in [0.717, 1.165) is 22.5 Å². The van der Waals surface area contributed by atoms with Crippen LogP contribution in [0.15, 0.2) is 77.7 Å². The minimum absolute atomic E-state index is 0.133. The fourth-order valence-corrected chi connectivity index (χ4v) is 4.24. The Balaban J connectivity index is 2.03. The summed E-state index contributed by atoms with van der Waals surface area (Å²) in [4.78, 5) is 10.5. The van der Waals surface area contributed by atoms with Gasteiger partial charge in [0.15, 0.2) is 11.6 Å². The van der Waals surface area contributed by atoms with Crippen LogP contribution >= 0.6 is 0 Å². The van der Waals surface area contributed by atoms with E-state index in [0.29, 0.717) is 5.69 Å². The van der Waals surface area contributed by atoms with Gasteiger partial charge in [-0.1, -0.05) is 30.3 Å². The van der Waals surface area contributed by atoms with Crippen LogP contribution < -0.4 is 9.04 Å². The molecule has 0 saturated heterocycles. The molecular weight excluding hydrogens is 399 g/mol. The van der Waals surface area contributed by atoms with Crippen molar-refractivity contribution in [1.82, 2.24) is 0 Å². The Labute approximate surface area is 167 Å². The number of rotatable bonds is 7. The van der Waals surface area contributed by atoms with Crippen molar-refractivity contribution in [2.24, 2.45) is 0 Å². The Hall–Kier alpha value is -3.46. The van der Waals surface area contributed by atoms with Gasteiger partial charge in [0.1, 0.15) is 0 Å². The Morgan fingerprint density at radius 3 is 2.28 bits per heavy atom. The number of hydrogen-bond acceptors (Lipinski definition) is 5. The lowest BCUT2D eigenvalue weighted by Crippen LogP contribution is -2.30. The molecule has 3 aromatic rings. The molecule has 0 bridgehead atoms. The molecule has 150 valence electrons. The number of anilines is 1. The van der Waals surface area contributed by atoms with Crippen LogP contribution in [0.5, 0.6) is 11.5 Å². The van der Waals surface area contributed by atoms with Gasteiger partial charge in [0.2, 0.25) is 5.75 Å². The van der Waals surface area contributed by atoms with Gasteiger partial charge in [0.25, 0.3) is 10.0 Å². The van der Waals surface area contributed by atoms with E-state index in [1.54, 1.807) is 37.3 Å². The SMILES string of the molecule is CCN(c1ccccc1)S(=O)(=O)c1ccc(Oc2ccccc2F)c([N+](=O)[O-])c1. The van der Waals surface area contributed by atoms with E-state index >= 15 is 0 Å². The molecule has 9 heteroatoms. The highest BCUT2D eigenvalue weighted by molar-refractivity contribution is 7.92. The second kappa shape index (κ2) is 8.27. The maximum absolute atomic E-state index is 13.8. The zero-order valence-corrected chi connectivity index (χ0v) is 16.2. The third-order valence-corrected chi connectivity index (χ3v) is 6.00. The average molecular weight is 416 g/mol. The maximum Gasteiger partial charge on any atom is 0.312 e. The van der Waals surface area contributed by atoms with E-state index in [9.17, 15) is 22.9 Å². The summed E-state index contributed by atoms with van der Waals surface area (Å²) in [5.41, 5.74) is -0.150. The monoisotopic (exact) mass is 416 g/mol. The number of hydrogen-bond donors (Lipinski definition) is 0. The second-order valence-electron chi connectivity index (χ2n) is 5.92. The lowest BCUT2D eigenvalue weighted by atomic mass is 10.3. The highest BCUT2D eigenvalue weighted by atomic mass is 32.2. The van der Waals surface area contributed by atoms with E-state index in [1.165, 1.54) is 24.3 Å². The van der Waals surface area contributed by atoms with Crippen LogP contribution in [0.1, 0.15) is 6.92 Å². The van der Waals surface area contributed by atoms with E-state index in [2.05, 4.69) is 0 Å². The molecule has 0 N–H and O–H groups in total. The molecule has 3 aromatic carbocycles. The largest absolute Gasteiger partial charge is 0.447 e. The van der Waals surface area contributed by atoms with Gasteiger partial charge in [-0.3, -0.25) is 14.4 Å². The number of para-hydroxylation sites is 2. The van der Waals surface area contributed by atoms with Gasteiger partial charge < -0.3 is 4.74 Å². The first-order valence-corrected chi connectivity index (χ1v) is 10.1. The van der Waals surface area contributed by atoms with Crippen LogP contribution in [0.2, 0.25) is 0 Å². The van der Waals surface area contributed by atoms with Crippen molar-refractivity contribution in [3.8, 4) is 11.5 Å². The molecule has 0 aliphatic carbocycles. The Morgan fingerprint density at radius 1 is 1.00 bits per heavy atom. The number of ether oxygens (including phenoxy) is 1. The first-order valence-electron chi connectivity index (χ1n) is 8.63. The van der Waals surface area contributed by atoms with Crippen molar-refractivity contribution >= 4 is 21.4 Å². The summed E-state index contributed by atoms with van der Waals surface area (Å²) in [5, 5.41) is 11.5. The molecule has 0 heterocycles. The lowest BCUT2D eigenvalue weighted by molar-refractivity contribution is -0.385. The molecule has 0 atom stereocenters. The molecule has 0 aliphatic heterocycles. The van der Waals surface area contributed by atoms with E-state index < -0.39 is 26.5 Å². The summed E-state index contributed by atoms with van der Waals surface area (Å²) < 4.78 is 46.4. The first-order chi connectivity index (χ1) is 13.8. The van der Waals surface area contributed by atoms with Crippen LogP contribution in [0.25, 0.3) is 0 Å². The number of halogens is 1. The molecular formula is C20H17FN2O5S. The smallest absolute Gasteiger partial charge is 0.312 e. The number of sulfonamides is 1. The van der Waals surface area contributed by atoms with Crippen LogP contribution in [-0.4, -0.2) is 19.9 Å². The first kappa shape index (κ1) is 20.3. The molecule has 7 nitrogen and oxygen atoms in total. The maximum atomic E-state index is 13.8. The predicted molar refractivity (Wildman–Crippen MR) is 106 cm³/mol. The van der Waals surface area contributed by atoms with Gasteiger partial charge in [0.05, 0.1) is 15.5 Å². The molecule has 0 aliphatic rings. The Kier molecular flexibility index (Phi) is 5.79. The fraction of sp³-hybridized carbons (Fsp3) is 0.100. The highest BCUT2D eigenvalue weighted by Gasteiger charge is 2.28. The van der Waals surface area contributed by atoms with Crippen LogP contribution in [0.4, 0.5) is 15.8 Å². The van der Waals surface area contributed by atoms with Gasteiger partial charge >= 0.3 is 5.69 Å². The molecule has 0 radical (unpaired) electrons. The topological polar surface area (TPSA) is 89.8 Å². The van der Waals surface area contributed by atoms with Gasteiger partial charge in [-0.25, -0.2) is 12.8 Å². The molecule has 0 fully saturated rings. The number of nitro groups is 1. The van der Waals surface area contributed by atoms with Gasteiger partial charge in [-0.15, -0.1) is 0 Å². The van der Waals surface area contributed by atoms with Crippen molar-refractivity contribution in [3.63, 3.8) is 0 Å². The van der Waals surface area contributed by atoms with Crippen molar-refractivity contribution in [2.45, 2.75) is 11.8 Å². The number of nitrogens with zero attached hydrogens (tertiary/aromatic N) is 2. The molecule has 0 aromatic heterocycles. The zero-order chi connectivity index (χ0) is 21.0. The van der Waals surface area contributed by atoms with Crippen LogP contribution in [-0.2, 0) is 10.0 Å². The normalized spacial score (nSPS) is 11.1. The molecule has 0 spiro atoms. The number of nitro benzene ring substituents is 1. The summed E-state index contributed by atoms with van der Waals surface area (Å²) in [6, 6.07) is 17.1. The fourth-order valence-electron chi connectivity index (χ4n) is 2.75. The van der Waals surface area contributed by atoms with Gasteiger partial charge in [-0.05, 0) is 43.3 Å².